The van der Waals surface area contributed by atoms with Crippen molar-refractivity contribution in [3.63, 3.8) is 0 Å². The van der Waals surface area contributed by atoms with Gasteiger partial charge in [-0.25, -0.2) is 18.9 Å². The van der Waals surface area contributed by atoms with Crippen LogP contribution in [0, 0.1) is 5.82 Å². The number of hydrogen-bond acceptors (Lipinski definition) is 5. The van der Waals surface area contributed by atoms with Crippen LogP contribution in [-0.2, 0) is 24.3 Å². The number of carbonyl (C=O) groups is 1. The smallest absolute Gasteiger partial charge is 0.408 e. The van der Waals surface area contributed by atoms with Gasteiger partial charge in [0.1, 0.15) is 11.6 Å². The topological polar surface area (TPSA) is 106 Å². The maximum Gasteiger partial charge on any atom is 0.417 e. The standard InChI is InChI=1S/C20H17ClFN5O3/c1-2-27-17(25-19(26-27)12-4-5-13(21)14(22)8-12)9-18(28)23-10-11-3-6-16-15(7-11)24-20(29)30-16/h3-8H,2,9-10H2,1H3,(H,23,28)(H,24,29). The van der Waals surface area contributed by atoms with Crippen molar-refractivity contribution in [2.75, 3.05) is 0 Å². The zero-order chi connectivity index (χ0) is 21.3. The quantitative estimate of drug-likeness (QED) is 0.490. The molecule has 0 spiro atoms. The van der Waals surface area contributed by atoms with Gasteiger partial charge in [-0.3, -0.25) is 9.78 Å². The Bertz CT molecular complexity index is 1290. The maximum atomic E-state index is 13.7. The molecule has 0 aliphatic heterocycles. The molecule has 4 aromatic rings. The third-order valence-corrected chi connectivity index (χ3v) is 4.82. The van der Waals surface area contributed by atoms with Crippen molar-refractivity contribution in [2.45, 2.75) is 26.4 Å². The first kappa shape index (κ1) is 19.8. The van der Waals surface area contributed by atoms with Crippen molar-refractivity contribution in [2.24, 2.45) is 0 Å². The minimum atomic E-state index is -0.558. The summed E-state index contributed by atoms with van der Waals surface area (Å²) in [5, 5.41) is 7.18. The summed E-state index contributed by atoms with van der Waals surface area (Å²) in [5.74, 6) is -0.537. The first-order valence-corrected chi connectivity index (χ1v) is 9.58. The Morgan fingerprint density at radius 1 is 1.30 bits per heavy atom. The van der Waals surface area contributed by atoms with E-state index in [9.17, 15) is 14.0 Å². The number of oxazole rings is 1. The summed E-state index contributed by atoms with van der Waals surface area (Å²) in [7, 11) is 0. The van der Waals surface area contributed by atoms with E-state index in [1.54, 1.807) is 28.9 Å². The summed E-state index contributed by atoms with van der Waals surface area (Å²) in [4.78, 5) is 30.6. The van der Waals surface area contributed by atoms with Crippen LogP contribution in [0.4, 0.5) is 4.39 Å². The lowest BCUT2D eigenvalue weighted by atomic mass is 10.2. The Kier molecular flexibility index (Phi) is 5.37. The van der Waals surface area contributed by atoms with E-state index in [2.05, 4.69) is 20.4 Å². The zero-order valence-corrected chi connectivity index (χ0v) is 16.7. The van der Waals surface area contributed by atoms with Crippen LogP contribution in [0.5, 0.6) is 0 Å². The molecule has 0 saturated heterocycles. The fourth-order valence-corrected chi connectivity index (χ4v) is 3.15. The van der Waals surface area contributed by atoms with Gasteiger partial charge in [-0.15, -0.1) is 0 Å². The molecule has 8 nitrogen and oxygen atoms in total. The number of H-pyrrole nitrogens is 1. The number of aromatic amines is 1. The minimum Gasteiger partial charge on any atom is -0.408 e. The molecule has 10 heteroatoms. The lowest BCUT2D eigenvalue weighted by molar-refractivity contribution is -0.120. The van der Waals surface area contributed by atoms with Gasteiger partial charge >= 0.3 is 5.76 Å². The highest BCUT2D eigenvalue weighted by Crippen LogP contribution is 2.22. The van der Waals surface area contributed by atoms with Crippen LogP contribution >= 0.6 is 11.6 Å². The summed E-state index contributed by atoms with van der Waals surface area (Å²) in [6.07, 6.45) is 0.0156. The molecule has 0 atom stereocenters. The highest BCUT2D eigenvalue weighted by Gasteiger charge is 2.15. The SMILES string of the molecule is CCn1nc(-c2ccc(Cl)c(F)c2)nc1CC(=O)NCc1ccc2oc(=O)[nH]c2c1. The fourth-order valence-electron chi connectivity index (χ4n) is 3.03. The molecule has 154 valence electrons. The molecule has 2 aromatic heterocycles. The van der Waals surface area contributed by atoms with Gasteiger partial charge in [0.2, 0.25) is 5.91 Å². The van der Waals surface area contributed by atoms with Gasteiger partial charge in [0.25, 0.3) is 0 Å². The molecule has 0 fully saturated rings. The Morgan fingerprint density at radius 3 is 2.90 bits per heavy atom. The molecule has 0 saturated carbocycles. The summed E-state index contributed by atoms with van der Waals surface area (Å²) in [6.45, 7) is 2.66. The molecule has 2 heterocycles. The second kappa shape index (κ2) is 8.11. The number of carbonyl (C=O) groups excluding carboxylic acids is 1. The van der Waals surface area contributed by atoms with E-state index < -0.39 is 11.6 Å². The Labute approximate surface area is 174 Å². The highest BCUT2D eigenvalue weighted by molar-refractivity contribution is 6.30. The molecule has 1 amide bonds. The van der Waals surface area contributed by atoms with E-state index in [1.165, 1.54) is 12.1 Å². The predicted octanol–water partition coefficient (Wildman–Crippen LogP) is 3.05. The van der Waals surface area contributed by atoms with E-state index in [1.807, 2.05) is 6.92 Å². The second-order valence-corrected chi connectivity index (χ2v) is 7.00. The summed E-state index contributed by atoms with van der Waals surface area (Å²) >= 11 is 5.72. The molecule has 0 unspecified atom stereocenters. The lowest BCUT2D eigenvalue weighted by Gasteiger charge is -2.06. The van der Waals surface area contributed by atoms with Gasteiger partial charge in [0.05, 0.1) is 17.0 Å². The number of benzene rings is 2. The molecule has 2 N–H and O–H groups in total. The van der Waals surface area contributed by atoms with Crippen molar-refractivity contribution >= 4 is 28.6 Å². The molecule has 0 radical (unpaired) electrons. The van der Waals surface area contributed by atoms with Crippen molar-refractivity contribution in [1.29, 1.82) is 0 Å². The molecule has 2 aromatic carbocycles. The van der Waals surface area contributed by atoms with Crippen LogP contribution < -0.4 is 11.1 Å². The summed E-state index contributed by atoms with van der Waals surface area (Å²) in [5.41, 5.74) is 2.31. The first-order chi connectivity index (χ1) is 14.4. The number of hydrogen-bond donors (Lipinski definition) is 2. The number of aromatic nitrogens is 4. The van der Waals surface area contributed by atoms with E-state index in [4.69, 9.17) is 16.0 Å². The van der Waals surface area contributed by atoms with E-state index in [0.29, 0.717) is 34.9 Å². The van der Waals surface area contributed by atoms with Crippen molar-refractivity contribution in [1.82, 2.24) is 25.1 Å². The summed E-state index contributed by atoms with van der Waals surface area (Å²) < 4.78 is 20.3. The van der Waals surface area contributed by atoms with E-state index in [0.717, 1.165) is 5.56 Å². The van der Waals surface area contributed by atoms with Gasteiger partial charge in [-0.1, -0.05) is 17.7 Å². The molecule has 4 rings (SSSR count). The van der Waals surface area contributed by atoms with Crippen LogP contribution in [0.2, 0.25) is 5.02 Å². The third kappa shape index (κ3) is 4.11. The van der Waals surface area contributed by atoms with E-state index in [-0.39, 0.29) is 23.9 Å². The molecular weight excluding hydrogens is 413 g/mol. The molecule has 0 aliphatic rings. The number of halogens is 2. The second-order valence-electron chi connectivity index (χ2n) is 6.59. The van der Waals surface area contributed by atoms with Crippen LogP contribution in [0.15, 0.2) is 45.6 Å². The van der Waals surface area contributed by atoms with Gasteiger partial charge in [0.15, 0.2) is 11.4 Å². The number of nitrogens with one attached hydrogen (secondary N) is 2. The summed E-state index contributed by atoms with van der Waals surface area (Å²) in [6, 6.07) is 9.50. The molecule has 0 aliphatic carbocycles. The van der Waals surface area contributed by atoms with Gasteiger partial charge in [-0.2, -0.15) is 5.10 Å². The normalized spacial score (nSPS) is 11.2. The average Bonchev–Trinajstić information content (AvgIpc) is 3.30. The van der Waals surface area contributed by atoms with Crippen molar-refractivity contribution < 1.29 is 13.6 Å². The van der Waals surface area contributed by atoms with Crippen LogP contribution in [0.25, 0.3) is 22.5 Å². The number of fused-ring (bicyclic) bond motifs is 1. The predicted molar refractivity (Wildman–Crippen MR) is 108 cm³/mol. The molecule has 0 bridgehead atoms. The van der Waals surface area contributed by atoms with Crippen LogP contribution in [0.1, 0.15) is 18.3 Å². The minimum absolute atomic E-state index is 0.0156. The van der Waals surface area contributed by atoms with Crippen LogP contribution in [-0.4, -0.2) is 25.7 Å². The number of amides is 1. The Balaban J connectivity index is 1.46. The third-order valence-electron chi connectivity index (χ3n) is 4.52. The Morgan fingerprint density at radius 2 is 2.13 bits per heavy atom. The largest absolute Gasteiger partial charge is 0.417 e. The van der Waals surface area contributed by atoms with Crippen molar-refractivity contribution in [3.8, 4) is 11.4 Å². The monoisotopic (exact) mass is 429 g/mol. The maximum absolute atomic E-state index is 13.7. The zero-order valence-electron chi connectivity index (χ0n) is 15.9. The highest BCUT2D eigenvalue weighted by atomic mass is 35.5. The van der Waals surface area contributed by atoms with Crippen molar-refractivity contribution in [3.05, 3.63) is 69.2 Å². The lowest BCUT2D eigenvalue weighted by Crippen LogP contribution is -2.26. The first-order valence-electron chi connectivity index (χ1n) is 9.20. The number of aryl methyl sites for hydroxylation is 1. The van der Waals surface area contributed by atoms with Gasteiger partial charge < -0.3 is 9.73 Å². The van der Waals surface area contributed by atoms with Crippen LogP contribution in [0.3, 0.4) is 0 Å². The molecule has 30 heavy (non-hydrogen) atoms. The number of rotatable bonds is 6. The van der Waals surface area contributed by atoms with E-state index >= 15 is 0 Å². The molecular formula is C20H17ClFN5O3. The Hall–Kier alpha value is -3.46. The van der Waals surface area contributed by atoms with Gasteiger partial charge in [0, 0.05) is 18.7 Å². The van der Waals surface area contributed by atoms with Gasteiger partial charge in [-0.05, 0) is 42.8 Å². The average molecular weight is 430 g/mol. The number of nitrogens with zero attached hydrogens (tertiary/aromatic N) is 3. The fraction of sp³-hybridized carbons (Fsp3) is 0.200.